The molecule has 0 aliphatic carbocycles. The number of rotatable bonds is 8. The minimum absolute atomic E-state index is 0.125. The summed E-state index contributed by atoms with van der Waals surface area (Å²) in [4.78, 5) is 0.182. The van der Waals surface area contributed by atoms with Gasteiger partial charge in [-0.3, -0.25) is 4.18 Å². The van der Waals surface area contributed by atoms with E-state index >= 15 is 0 Å². The van der Waals surface area contributed by atoms with Gasteiger partial charge in [0, 0.05) is 11.5 Å². The number of aliphatic hydroxyl groups excluding tert-OH is 1. The molecule has 0 saturated carbocycles. The Morgan fingerprint density at radius 3 is 2.39 bits per heavy atom. The molecule has 1 aromatic carbocycles. The lowest BCUT2D eigenvalue weighted by atomic mass is 10.2. The van der Waals surface area contributed by atoms with E-state index in [0.717, 1.165) is 5.56 Å². The molecule has 1 aromatic rings. The summed E-state index contributed by atoms with van der Waals surface area (Å²) in [6, 6.07) is 6.56. The molecular weight excluding hydrogens is 292 g/mol. The van der Waals surface area contributed by atoms with E-state index in [4.69, 9.17) is 9.29 Å². The van der Waals surface area contributed by atoms with Crippen molar-refractivity contribution in [2.75, 3.05) is 24.7 Å². The molecule has 0 heterocycles. The van der Waals surface area contributed by atoms with E-state index in [-0.39, 0.29) is 18.1 Å². The van der Waals surface area contributed by atoms with Crippen molar-refractivity contribution in [2.45, 2.75) is 11.8 Å². The van der Waals surface area contributed by atoms with Gasteiger partial charge in [-0.15, -0.1) is 0 Å². The molecule has 0 spiro atoms. The van der Waals surface area contributed by atoms with Crippen LogP contribution in [0, 0.1) is 6.92 Å². The molecule has 0 aliphatic heterocycles. The second-order valence-electron chi connectivity index (χ2n) is 3.46. The Morgan fingerprint density at radius 1 is 1.17 bits per heavy atom. The van der Waals surface area contributed by atoms with Crippen LogP contribution in [0.2, 0.25) is 0 Å². The standard InChI is InChI=1S/C11H16O4S3/c1-10-2-4-11(5-3-10)18(13,14)15-7-9-17-16-8-6-12/h2-5,12H,6-9H2,1H3. The topological polar surface area (TPSA) is 63.6 Å². The zero-order valence-electron chi connectivity index (χ0n) is 10.0. The van der Waals surface area contributed by atoms with E-state index in [1.54, 1.807) is 24.3 Å². The van der Waals surface area contributed by atoms with Crippen molar-refractivity contribution in [1.29, 1.82) is 0 Å². The molecule has 1 N–H and O–H groups in total. The molecule has 1 rings (SSSR count). The number of hydrogen-bond acceptors (Lipinski definition) is 6. The molecule has 0 bridgehead atoms. The third-order valence-electron chi connectivity index (χ3n) is 1.97. The summed E-state index contributed by atoms with van der Waals surface area (Å²) in [5.41, 5.74) is 1.00. The highest BCUT2D eigenvalue weighted by atomic mass is 33.1. The van der Waals surface area contributed by atoms with Gasteiger partial charge in [0.05, 0.1) is 18.1 Å². The molecule has 102 valence electrons. The van der Waals surface area contributed by atoms with Crippen LogP contribution in [0.5, 0.6) is 0 Å². The van der Waals surface area contributed by atoms with Crippen molar-refractivity contribution in [3.63, 3.8) is 0 Å². The zero-order chi connectivity index (χ0) is 13.4. The van der Waals surface area contributed by atoms with Gasteiger partial charge in [-0.05, 0) is 19.1 Å². The number of benzene rings is 1. The molecular formula is C11H16O4S3. The Labute approximate surface area is 116 Å². The minimum atomic E-state index is -3.64. The molecule has 0 amide bonds. The highest BCUT2D eigenvalue weighted by Gasteiger charge is 2.14. The van der Waals surface area contributed by atoms with Gasteiger partial charge in [0.25, 0.3) is 10.1 Å². The summed E-state index contributed by atoms with van der Waals surface area (Å²) in [6.07, 6.45) is 0. The van der Waals surface area contributed by atoms with E-state index < -0.39 is 10.1 Å². The second kappa shape index (κ2) is 8.06. The Hall–Kier alpha value is -0.210. The summed E-state index contributed by atoms with van der Waals surface area (Å²) >= 11 is 0. The van der Waals surface area contributed by atoms with E-state index in [9.17, 15) is 8.42 Å². The summed E-state index contributed by atoms with van der Waals surface area (Å²) in [6.45, 7) is 2.16. The van der Waals surface area contributed by atoms with Gasteiger partial charge in [0.15, 0.2) is 0 Å². The quantitative estimate of drug-likeness (QED) is 0.451. The van der Waals surface area contributed by atoms with Crippen molar-refractivity contribution in [1.82, 2.24) is 0 Å². The third-order valence-corrected chi connectivity index (χ3v) is 5.65. The average Bonchev–Trinajstić information content (AvgIpc) is 2.34. The fourth-order valence-electron chi connectivity index (χ4n) is 1.11. The van der Waals surface area contributed by atoms with Gasteiger partial charge in [0.2, 0.25) is 0 Å². The maximum Gasteiger partial charge on any atom is 0.297 e. The molecule has 0 fully saturated rings. The molecule has 7 heteroatoms. The van der Waals surface area contributed by atoms with E-state index in [1.165, 1.54) is 21.6 Å². The minimum Gasteiger partial charge on any atom is -0.395 e. The summed E-state index contributed by atoms with van der Waals surface area (Å²) in [7, 11) is -0.665. The zero-order valence-corrected chi connectivity index (χ0v) is 12.5. The van der Waals surface area contributed by atoms with Crippen LogP contribution in [0.25, 0.3) is 0 Å². The van der Waals surface area contributed by atoms with Gasteiger partial charge >= 0.3 is 0 Å². The molecule has 0 aliphatic rings. The second-order valence-corrected chi connectivity index (χ2v) is 7.77. The number of aryl methyl sites for hydroxylation is 1. The molecule has 0 atom stereocenters. The van der Waals surface area contributed by atoms with Crippen molar-refractivity contribution in [3.05, 3.63) is 29.8 Å². The highest BCUT2D eigenvalue weighted by Crippen LogP contribution is 2.21. The summed E-state index contributed by atoms with van der Waals surface area (Å²) in [5, 5.41) is 8.56. The smallest absolute Gasteiger partial charge is 0.297 e. The van der Waals surface area contributed by atoms with E-state index in [0.29, 0.717) is 11.5 Å². The van der Waals surface area contributed by atoms with Gasteiger partial charge in [0.1, 0.15) is 0 Å². The lowest BCUT2D eigenvalue weighted by molar-refractivity contribution is 0.323. The first kappa shape index (κ1) is 15.8. The molecule has 4 nitrogen and oxygen atoms in total. The Bertz CT molecular complexity index is 442. The van der Waals surface area contributed by atoms with Crippen LogP contribution < -0.4 is 0 Å². The first-order valence-corrected chi connectivity index (χ1v) is 9.27. The highest BCUT2D eigenvalue weighted by molar-refractivity contribution is 8.76. The molecule has 0 unspecified atom stereocenters. The maximum atomic E-state index is 11.8. The summed E-state index contributed by atoms with van der Waals surface area (Å²) < 4.78 is 28.4. The van der Waals surface area contributed by atoms with Crippen molar-refractivity contribution in [2.24, 2.45) is 0 Å². The predicted octanol–water partition coefficient (Wildman–Crippen LogP) is 2.07. The van der Waals surface area contributed by atoms with Crippen LogP contribution in [-0.4, -0.2) is 38.2 Å². The largest absolute Gasteiger partial charge is 0.395 e. The predicted molar refractivity (Wildman–Crippen MR) is 76.3 cm³/mol. The summed E-state index contributed by atoms with van der Waals surface area (Å²) in [5.74, 6) is 1.20. The Balaban J connectivity index is 2.38. The molecule has 0 radical (unpaired) electrons. The normalized spacial score (nSPS) is 11.7. The Kier molecular flexibility index (Phi) is 7.10. The van der Waals surface area contributed by atoms with Crippen LogP contribution in [0.3, 0.4) is 0 Å². The van der Waals surface area contributed by atoms with Gasteiger partial charge in [-0.2, -0.15) is 8.42 Å². The van der Waals surface area contributed by atoms with Crippen LogP contribution in [0.4, 0.5) is 0 Å². The van der Waals surface area contributed by atoms with Crippen molar-refractivity contribution >= 4 is 31.7 Å². The molecule has 18 heavy (non-hydrogen) atoms. The van der Waals surface area contributed by atoms with Crippen LogP contribution >= 0.6 is 21.6 Å². The van der Waals surface area contributed by atoms with Crippen LogP contribution in [0.1, 0.15) is 5.56 Å². The Morgan fingerprint density at radius 2 is 1.78 bits per heavy atom. The molecule has 0 aromatic heterocycles. The van der Waals surface area contributed by atoms with E-state index in [2.05, 4.69) is 0 Å². The van der Waals surface area contributed by atoms with Crippen molar-refractivity contribution in [3.8, 4) is 0 Å². The van der Waals surface area contributed by atoms with Crippen LogP contribution in [0.15, 0.2) is 29.2 Å². The van der Waals surface area contributed by atoms with Gasteiger partial charge < -0.3 is 5.11 Å². The number of aliphatic hydroxyl groups is 1. The molecule has 0 saturated heterocycles. The lowest BCUT2D eigenvalue weighted by Gasteiger charge is -2.05. The maximum absolute atomic E-state index is 11.8. The van der Waals surface area contributed by atoms with E-state index in [1.807, 2.05) is 6.92 Å². The van der Waals surface area contributed by atoms with Gasteiger partial charge in [-0.1, -0.05) is 39.3 Å². The first-order chi connectivity index (χ1) is 8.56. The van der Waals surface area contributed by atoms with Crippen LogP contribution in [-0.2, 0) is 14.3 Å². The van der Waals surface area contributed by atoms with Crippen molar-refractivity contribution < 1.29 is 17.7 Å². The fourth-order valence-corrected chi connectivity index (χ4v) is 3.72. The first-order valence-electron chi connectivity index (χ1n) is 5.37. The third kappa shape index (κ3) is 5.62. The number of hydrogen-bond donors (Lipinski definition) is 1. The fraction of sp³-hybridized carbons (Fsp3) is 0.455. The lowest BCUT2D eigenvalue weighted by Crippen LogP contribution is -2.08. The van der Waals surface area contributed by atoms with Gasteiger partial charge in [-0.25, -0.2) is 0 Å². The monoisotopic (exact) mass is 308 g/mol. The average molecular weight is 308 g/mol. The SMILES string of the molecule is Cc1ccc(S(=O)(=O)OCCSSCCO)cc1.